The molecule has 1 aromatic carbocycles. The quantitative estimate of drug-likeness (QED) is 0.848. The molecule has 2 heteroatoms. The minimum atomic E-state index is -0.225. The highest BCUT2D eigenvalue weighted by Gasteiger charge is 2.26. The van der Waals surface area contributed by atoms with Crippen LogP contribution >= 0.6 is 11.3 Å². The normalized spacial score (nSPS) is 14.5. The molecule has 90 valence electrons. The summed E-state index contributed by atoms with van der Waals surface area (Å²) in [5.41, 5.74) is 8.99. The first kappa shape index (κ1) is 12.3. The predicted molar refractivity (Wildman–Crippen MR) is 75.2 cm³/mol. The number of hydrogen-bond acceptors (Lipinski definition) is 2. The van der Waals surface area contributed by atoms with Gasteiger partial charge in [-0.25, -0.2) is 0 Å². The van der Waals surface area contributed by atoms with E-state index in [-0.39, 0.29) is 5.54 Å². The zero-order chi connectivity index (χ0) is 12.1. The maximum absolute atomic E-state index is 6.63. The van der Waals surface area contributed by atoms with Crippen LogP contribution in [0.3, 0.4) is 0 Å². The molecule has 0 amide bonds. The molecule has 1 aromatic heterocycles. The molecule has 0 fully saturated rings. The Morgan fingerprint density at radius 2 is 1.94 bits per heavy atom. The van der Waals surface area contributed by atoms with Gasteiger partial charge in [0.2, 0.25) is 0 Å². The van der Waals surface area contributed by atoms with Gasteiger partial charge in [0.05, 0.1) is 0 Å². The van der Waals surface area contributed by atoms with E-state index in [4.69, 9.17) is 5.73 Å². The minimum absolute atomic E-state index is 0.225. The number of hydrogen-bond donors (Lipinski definition) is 1. The molecule has 0 radical (unpaired) electrons. The lowest BCUT2D eigenvalue weighted by atomic mass is 9.82. The molecule has 1 nitrogen and oxygen atoms in total. The molecule has 17 heavy (non-hydrogen) atoms. The Bertz CT molecular complexity index is 435. The average molecular weight is 245 g/mol. The molecule has 1 atom stereocenters. The molecule has 0 aliphatic rings. The Kier molecular flexibility index (Phi) is 3.97. The molecule has 0 spiro atoms. The van der Waals surface area contributed by atoms with Crippen molar-refractivity contribution in [1.29, 1.82) is 0 Å². The van der Waals surface area contributed by atoms with Crippen molar-refractivity contribution in [2.75, 3.05) is 0 Å². The summed E-state index contributed by atoms with van der Waals surface area (Å²) in [6.45, 7) is 2.19. The fraction of sp³-hybridized carbons (Fsp3) is 0.333. The lowest BCUT2D eigenvalue weighted by molar-refractivity contribution is 0.401. The standard InChI is InChI=1S/C15H19NS/c1-2-9-15(16,11-13-8-10-17-12-13)14-6-4-3-5-7-14/h3-8,10,12H,2,9,11,16H2,1H3. The lowest BCUT2D eigenvalue weighted by Crippen LogP contribution is -2.38. The van der Waals surface area contributed by atoms with Gasteiger partial charge in [-0.1, -0.05) is 43.7 Å². The Morgan fingerprint density at radius 3 is 2.53 bits per heavy atom. The Balaban J connectivity index is 2.26. The van der Waals surface area contributed by atoms with Gasteiger partial charge in [0.1, 0.15) is 0 Å². The summed E-state index contributed by atoms with van der Waals surface area (Å²) < 4.78 is 0. The van der Waals surface area contributed by atoms with Crippen molar-refractivity contribution in [3.63, 3.8) is 0 Å². The second-order valence-corrected chi connectivity index (χ2v) is 5.36. The number of thiophene rings is 1. The van der Waals surface area contributed by atoms with Gasteiger partial charge in [0, 0.05) is 5.54 Å². The molecular weight excluding hydrogens is 226 g/mol. The van der Waals surface area contributed by atoms with Gasteiger partial charge in [-0.2, -0.15) is 11.3 Å². The van der Waals surface area contributed by atoms with Crippen LogP contribution in [0.4, 0.5) is 0 Å². The summed E-state index contributed by atoms with van der Waals surface area (Å²) >= 11 is 1.74. The Hall–Kier alpha value is -1.12. The second kappa shape index (κ2) is 5.48. The van der Waals surface area contributed by atoms with E-state index in [9.17, 15) is 0 Å². The van der Waals surface area contributed by atoms with Crippen LogP contribution in [0.15, 0.2) is 47.2 Å². The van der Waals surface area contributed by atoms with Gasteiger partial charge in [-0.15, -0.1) is 0 Å². The molecule has 1 unspecified atom stereocenters. The van der Waals surface area contributed by atoms with Crippen LogP contribution in [0.5, 0.6) is 0 Å². The highest BCUT2D eigenvalue weighted by Crippen LogP contribution is 2.28. The molecule has 2 aromatic rings. The van der Waals surface area contributed by atoms with E-state index in [1.807, 2.05) is 6.07 Å². The number of rotatable bonds is 5. The third kappa shape index (κ3) is 2.96. The molecule has 0 saturated carbocycles. The van der Waals surface area contributed by atoms with Crippen LogP contribution < -0.4 is 5.73 Å². The van der Waals surface area contributed by atoms with Crippen molar-refractivity contribution < 1.29 is 0 Å². The van der Waals surface area contributed by atoms with Crippen molar-refractivity contribution in [3.05, 3.63) is 58.3 Å². The third-order valence-electron chi connectivity index (χ3n) is 3.14. The monoisotopic (exact) mass is 245 g/mol. The van der Waals surface area contributed by atoms with Crippen LogP contribution in [-0.4, -0.2) is 0 Å². The summed E-state index contributed by atoms with van der Waals surface area (Å²) in [4.78, 5) is 0. The van der Waals surface area contributed by atoms with Crippen molar-refractivity contribution in [2.45, 2.75) is 31.7 Å². The highest BCUT2D eigenvalue weighted by atomic mass is 32.1. The van der Waals surface area contributed by atoms with Gasteiger partial charge in [-0.05, 0) is 40.8 Å². The van der Waals surface area contributed by atoms with E-state index in [0.717, 1.165) is 19.3 Å². The molecule has 0 bridgehead atoms. The van der Waals surface area contributed by atoms with Crippen molar-refractivity contribution >= 4 is 11.3 Å². The summed E-state index contributed by atoms with van der Waals surface area (Å²) in [6.07, 6.45) is 3.05. The van der Waals surface area contributed by atoms with E-state index in [2.05, 4.69) is 48.0 Å². The van der Waals surface area contributed by atoms with Crippen molar-refractivity contribution in [3.8, 4) is 0 Å². The van der Waals surface area contributed by atoms with Gasteiger partial charge in [0.25, 0.3) is 0 Å². The maximum Gasteiger partial charge on any atom is 0.0450 e. The van der Waals surface area contributed by atoms with Crippen LogP contribution in [0.25, 0.3) is 0 Å². The Morgan fingerprint density at radius 1 is 1.18 bits per heavy atom. The van der Waals surface area contributed by atoms with Crippen LogP contribution in [-0.2, 0) is 12.0 Å². The first-order valence-electron chi connectivity index (χ1n) is 6.10. The average Bonchev–Trinajstić information content (AvgIpc) is 2.83. The number of nitrogens with two attached hydrogens (primary N) is 1. The smallest absolute Gasteiger partial charge is 0.0450 e. The van der Waals surface area contributed by atoms with E-state index in [0.29, 0.717) is 0 Å². The van der Waals surface area contributed by atoms with Crippen LogP contribution in [0.2, 0.25) is 0 Å². The minimum Gasteiger partial charge on any atom is -0.321 e. The van der Waals surface area contributed by atoms with E-state index < -0.39 is 0 Å². The largest absolute Gasteiger partial charge is 0.321 e. The third-order valence-corrected chi connectivity index (χ3v) is 3.88. The van der Waals surface area contributed by atoms with Crippen LogP contribution in [0, 0.1) is 0 Å². The van der Waals surface area contributed by atoms with E-state index >= 15 is 0 Å². The van der Waals surface area contributed by atoms with Gasteiger partial charge in [0.15, 0.2) is 0 Å². The lowest BCUT2D eigenvalue weighted by Gasteiger charge is -2.29. The molecule has 2 N–H and O–H groups in total. The summed E-state index contributed by atoms with van der Waals surface area (Å²) in [5, 5.41) is 4.31. The second-order valence-electron chi connectivity index (χ2n) is 4.58. The zero-order valence-corrected chi connectivity index (χ0v) is 11.0. The van der Waals surface area contributed by atoms with Gasteiger partial charge in [-0.3, -0.25) is 0 Å². The molecule has 2 rings (SSSR count). The molecular formula is C15H19NS. The first-order chi connectivity index (χ1) is 8.24. The highest BCUT2D eigenvalue weighted by molar-refractivity contribution is 7.07. The zero-order valence-electron chi connectivity index (χ0n) is 10.2. The fourth-order valence-corrected chi connectivity index (χ4v) is 2.98. The molecule has 0 saturated heterocycles. The molecule has 0 aliphatic heterocycles. The molecule has 1 heterocycles. The van der Waals surface area contributed by atoms with Gasteiger partial charge >= 0.3 is 0 Å². The maximum atomic E-state index is 6.63. The molecule has 0 aliphatic carbocycles. The van der Waals surface area contributed by atoms with E-state index in [1.54, 1.807) is 11.3 Å². The summed E-state index contributed by atoms with van der Waals surface area (Å²) in [7, 11) is 0. The van der Waals surface area contributed by atoms with Gasteiger partial charge < -0.3 is 5.73 Å². The Labute approximate surface area is 107 Å². The van der Waals surface area contributed by atoms with Crippen LogP contribution in [0.1, 0.15) is 30.9 Å². The van der Waals surface area contributed by atoms with Crippen molar-refractivity contribution in [2.24, 2.45) is 5.73 Å². The topological polar surface area (TPSA) is 26.0 Å². The summed E-state index contributed by atoms with van der Waals surface area (Å²) in [6, 6.07) is 12.6. The predicted octanol–water partition coefficient (Wildman–Crippen LogP) is 3.94. The summed E-state index contributed by atoms with van der Waals surface area (Å²) in [5.74, 6) is 0. The SMILES string of the molecule is CCCC(N)(Cc1ccsc1)c1ccccc1. The first-order valence-corrected chi connectivity index (χ1v) is 7.04. The number of benzene rings is 1. The fourth-order valence-electron chi connectivity index (χ4n) is 2.31. The van der Waals surface area contributed by atoms with E-state index in [1.165, 1.54) is 11.1 Å². The van der Waals surface area contributed by atoms with Crippen molar-refractivity contribution in [1.82, 2.24) is 0 Å².